The molecule has 4 atom stereocenters. The summed E-state index contributed by atoms with van der Waals surface area (Å²) in [7, 11) is 3.16. The Balaban J connectivity index is 0.910. The lowest BCUT2D eigenvalue weighted by atomic mass is 9.77. The van der Waals surface area contributed by atoms with Gasteiger partial charge in [0.05, 0.1) is 32.7 Å². The fraction of sp³-hybridized carbons (Fsp3) is 0.186. The van der Waals surface area contributed by atoms with Gasteiger partial charge in [-0.1, -0.05) is 186 Å². The molecule has 3 unspecified atom stereocenters. The molecule has 0 bridgehead atoms. The molecular weight excluding hydrogens is 1240 g/mol. The zero-order valence-corrected chi connectivity index (χ0v) is 53.2. The van der Waals surface area contributed by atoms with E-state index in [1.54, 1.807) is 57.0 Å². The maximum absolute atomic E-state index is 15.5. The predicted octanol–water partition coefficient (Wildman–Crippen LogP) is 12.0. The van der Waals surface area contributed by atoms with Crippen LogP contribution in [0.4, 0.5) is 5.13 Å². The van der Waals surface area contributed by atoms with E-state index in [1.165, 1.54) is 57.4 Å². The van der Waals surface area contributed by atoms with Crippen molar-refractivity contribution in [1.82, 2.24) is 24.8 Å². The highest BCUT2D eigenvalue weighted by Crippen LogP contribution is 2.44. The molecule has 5 heterocycles. The maximum atomic E-state index is 15.5. The van der Waals surface area contributed by atoms with Crippen molar-refractivity contribution in [2.24, 2.45) is 10.1 Å². The molecule has 3 aliphatic rings. The molecule has 2 aromatic heterocycles. The van der Waals surface area contributed by atoms with Crippen molar-refractivity contribution >= 4 is 86.5 Å². The molecule has 9 aromatic rings. The average molecular weight is 1300 g/mol. The van der Waals surface area contributed by atoms with Gasteiger partial charge in [0.25, 0.3) is 18.1 Å². The number of thioether (sulfide) groups is 2. The first kappa shape index (κ1) is 62.6. The number of hydrogen-bond acceptors (Lipinski definition) is 20. The van der Waals surface area contributed by atoms with E-state index in [4.69, 9.17) is 38.5 Å². The van der Waals surface area contributed by atoms with Gasteiger partial charge in [0.2, 0.25) is 0 Å². The Hall–Kier alpha value is -9.55. The van der Waals surface area contributed by atoms with Crippen LogP contribution in [0.2, 0.25) is 0 Å². The minimum atomic E-state index is -1.56. The van der Waals surface area contributed by atoms with Crippen LogP contribution in [0.1, 0.15) is 57.7 Å². The number of benzene rings is 7. The van der Waals surface area contributed by atoms with Crippen LogP contribution < -0.4 is 20.1 Å². The van der Waals surface area contributed by atoms with Gasteiger partial charge in [-0.25, -0.2) is 9.78 Å². The summed E-state index contributed by atoms with van der Waals surface area (Å²) in [6.45, 7) is 1.71. The zero-order chi connectivity index (χ0) is 63.4. The summed E-state index contributed by atoms with van der Waals surface area (Å²) < 4.78 is 34.6. The van der Waals surface area contributed by atoms with Gasteiger partial charge in [-0.3, -0.25) is 24.3 Å². The highest BCUT2D eigenvalue weighted by Gasteiger charge is 2.55. The first-order valence-corrected chi connectivity index (χ1v) is 32.9. The van der Waals surface area contributed by atoms with E-state index in [9.17, 15) is 14.4 Å². The van der Waals surface area contributed by atoms with Crippen molar-refractivity contribution in [3.63, 3.8) is 0 Å². The number of carbonyl (C=O) groups is 4. The first-order chi connectivity index (χ1) is 45.1. The van der Waals surface area contributed by atoms with Crippen LogP contribution in [0.25, 0.3) is 0 Å². The lowest BCUT2D eigenvalue weighted by Gasteiger charge is -2.49. The van der Waals surface area contributed by atoms with Gasteiger partial charge in [-0.2, -0.15) is 0 Å². The van der Waals surface area contributed by atoms with Gasteiger partial charge in [-0.15, -0.1) is 40.0 Å². The molecule has 2 N–H and O–H groups in total. The van der Waals surface area contributed by atoms with Crippen molar-refractivity contribution in [2.75, 3.05) is 31.0 Å². The second kappa shape index (κ2) is 29.2. The molecule has 464 valence electrons. The van der Waals surface area contributed by atoms with E-state index in [1.807, 2.05) is 176 Å². The third-order valence-electron chi connectivity index (χ3n) is 15.4. The number of aliphatic imine (C=N–C) groups is 1. The number of anilines is 1. The van der Waals surface area contributed by atoms with E-state index in [0.29, 0.717) is 45.0 Å². The molecule has 0 spiro atoms. The summed E-state index contributed by atoms with van der Waals surface area (Å²) in [5.41, 5.74) is 5.58. The number of ether oxygens (including phenoxy) is 5. The molecule has 22 heteroatoms. The Bertz CT molecular complexity index is 4030. The standard InChI is InChI=1S/C70H60N8O10S4/c1-44-62(85-39-45-29-33-53(83-2)34-30-45)57(79)37-55(72-44)68(87-63(47-19-9-4-10-20-47)48-21-11-5-12-22-48)88-76-59(56-43-91-69(73-56)75-70(50-23-13-6-14-24-50,51-25-15-7-16-26-51)52-27-17-8-18-28-52)64(80)74-60-65(81)78-61(67(82)86-40-46-31-35-54(84-3)36-32-46)49(42-90-66(60)78)41-89-58-38-71-77-92-58/h4-38,43,60,62-63,66,68H,39-42H2,1-3H3,(H,73,75)(H,74,80)/b76-59-/t60?,62?,66-,68?/m0/s1. The van der Waals surface area contributed by atoms with Crippen LogP contribution in [0.15, 0.2) is 249 Å². The Kier molecular flexibility index (Phi) is 19.9. The van der Waals surface area contributed by atoms with E-state index >= 15 is 4.79 Å². The number of thiazole rings is 1. The van der Waals surface area contributed by atoms with Crippen molar-refractivity contribution in [1.29, 1.82) is 0 Å². The van der Waals surface area contributed by atoms with Crippen molar-refractivity contribution < 1.29 is 47.7 Å². The number of amides is 2. The molecule has 2 amide bonds. The third-order valence-corrected chi connectivity index (χ3v) is 19.4. The van der Waals surface area contributed by atoms with Crippen LogP contribution >= 0.6 is 46.4 Å². The average Bonchev–Trinajstić information content (AvgIpc) is 0.811. The fourth-order valence-electron chi connectivity index (χ4n) is 10.8. The van der Waals surface area contributed by atoms with Crippen molar-refractivity contribution in [3.8, 4) is 11.5 Å². The molecule has 1 saturated heterocycles. The number of esters is 1. The van der Waals surface area contributed by atoms with Gasteiger partial charge in [-0.05, 0) is 87.2 Å². The lowest BCUT2D eigenvalue weighted by Crippen LogP contribution is -2.71. The van der Waals surface area contributed by atoms with Crippen LogP contribution in [-0.4, -0.2) is 104 Å². The number of fused-ring (bicyclic) bond motifs is 1. The molecule has 1 fully saturated rings. The summed E-state index contributed by atoms with van der Waals surface area (Å²) in [6.07, 6.45) is -0.490. The highest BCUT2D eigenvalue weighted by atomic mass is 32.2. The molecule has 18 nitrogen and oxygen atoms in total. The van der Waals surface area contributed by atoms with Crippen LogP contribution in [0.5, 0.6) is 11.5 Å². The van der Waals surface area contributed by atoms with Gasteiger partial charge in [0.15, 0.2) is 22.7 Å². The van der Waals surface area contributed by atoms with Gasteiger partial charge < -0.3 is 39.2 Å². The van der Waals surface area contributed by atoms with Crippen molar-refractivity contribution in [2.45, 2.75) is 59.8 Å². The summed E-state index contributed by atoms with van der Waals surface area (Å²) in [5, 5.41) is 16.7. The molecular formula is C70H60N8O10S4. The predicted molar refractivity (Wildman–Crippen MR) is 355 cm³/mol. The minimum Gasteiger partial charge on any atom is -0.497 e. The number of rotatable bonds is 26. The third kappa shape index (κ3) is 14.0. The first-order valence-electron chi connectivity index (χ1n) is 29.2. The largest absolute Gasteiger partial charge is 0.497 e. The Morgan fingerprint density at radius 2 is 1.30 bits per heavy atom. The molecule has 0 radical (unpaired) electrons. The fourth-order valence-corrected chi connectivity index (χ4v) is 14.5. The number of aromatic nitrogens is 3. The minimum absolute atomic E-state index is 0.0401. The number of nitrogens with zero attached hydrogens (tertiary/aromatic N) is 6. The van der Waals surface area contributed by atoms with Gasteiger partial charge in [0, 0.05) is 23.0 Å². The molecule has 12 rings (SSSR count). The molecule has 0 aliphatic carbocycles. The Morgan fingerprint density at radius 3 is 1.85 bits per heavy atom. The molecule has 0 saturated carbocycles. The summed E-state index contributed by atoms with van der Waals surface area (Å²) in [4.78, 5) is 77.0. The Labute approximate surface area is 547 Å². The summed E-state index contributed by atoms with van der Waals surface area (Å²) >= 11 is 5.28. The van der Waals surface area contributed by atoms with Crippen LogP contribution in [0, 0.1) is 0 Å². The quantitative estimate of drug-likeness (QED) is 0.00981. The lowest BCUT2D eigenvalue weighted by molar-refractivity contribution is -0.153. The number of ketones is 1. The topological polar surface area (TPSA) is 214 Å². The molecule has 7 aromatic carbocycles. The van der Waals surface area contributed by atoms with Gasteiger partial charge in [0.1, 0.15) is 62.5 Å². The second-order valence-electron chi connectivity index (χ2n) is 21.3. The van der Waals surface area contributed by atoms with E-state index in [-0.39, 0.29) is 36.0 Å². The van der Waals surface area contributed by atoms with Crippen LogP contribution in [0.3, 0.4) is 0 Å². The highest BCUT2D eigenvalue weighted by molar-refractivity contribution is 8.01. The van der Waals surface area contributed by atoms with E-state index < -0.39 is 59.0 Å². The maximum Gasteiger partial charge on any atom is 0.355 e. The Morgan fingerprint density at radius 1 is 0.739 bits per heavy atom. The molecule has 92 heavy (non-hydrogen) atoms. The number of carbonyl (C=O) groups excluding carboxylic acids is 4. The number of β-lactam (4-membered cyclic amide) rings is 1. The van der Waals surface area contributed by atoms with Crippen LogP contribution in [-0.2, 0) is 57.0 Å². The summed E-state index contributed by atoms with van der Waals surface area (Å²) in [5.74, 6) is -0.524. The zero-order valence-electron chi connectivity index (χ0n) is 49.9. The SMILES string of the molecule is COc1ccc(COC(=O)C2=C(CSc3cnns3)CS[C@H]3C(NC(=O)/C(=N\OC(OC(c4ccccc4)c4ccccc4)C4=CC(=O)C(OCc5ccc(OC)cc5)C(C)=N4)c4csc(NC(c5ccccc5)(c5ccccc5)c5ccccc5)n4)C(=O)N23)cc1. The number of hydrogen-bond donors (Lipinski definition) is 2. The number of methoxy groups -OCH3 is 2. The summed E-state index contributed by atoms with van der Waals surface area (Å²) in [6, 6.07) is 62.2. The smallest absolute Gasteiger partial charge is 0.355 e. The number of oxime groups is 1. The molecule has 3 aliphatic heterocycles. The number of nitrogens with one attached hydrogen (secondary N) is 2. The van der Waals surface area contributed by atoms with Crippen molar-refractivity contribution in [3.05, 3.63) is 279 Å². The van der Waals surface area contributed by atoms with Gasteiger partial charge >= 0.3 is 5.97 Å². The second-order valence-corrected chi connectivity index (χ2v) is 25.3. The normalized spacial score (nSPS) is 16.8. The van der Waals surface area contributed by atoms with E-state index in [0.717, 1.165) is 37.6 Å². The monoisotopic (exact) mass is 1300 g/mol. The van der Waals surface area contributed by atoms with E-state index in [2.05, 4.69) is 25.4 Å².